The van der Waals surface area contributed by atoms with Crippen molar-refractivity contribution in [2.75, 3.05) is 31.1 Å². The number of hydrogen-bond donors (Lipinski definition) is 1. The Bertz CT molecular complexity index is 1060. The molecule has 1 fully saturated rings. The van der Waals surface area contributed by atoms with E-state index in [1.54, 1.807) is 24.4 Å². The number of nitriles is 1. The molecule has 136 valence electrons. The number of aromatic amines is 1. The summed E-state index contributed by atoms with van der Waals surface area (Å²) in [6.45, 7) is 3.96. The summed E-state index contributed by atoms with van der Waals surface area (Å²) in [6.07, 6.45) is 1.59. The fourth-order valence-electron chi connectivity index (χ4n) is 3.37. The van der Waals surface area contributed by atoms with Crippen LogP contribution in [0.15, 0.2) is 47.4 Å². The number of aromatic nitrogens is 2. The van der Waals surface area contributed by atoms with Gasteiger partial charge in [-0.05, 0) is 30.3 Å². The molecule has 0 amide bonds. The van der Waals surface area contributed by atoms with E-state index in [4.69, 9.17) is 5.26 Å². The van der Waals surface area contributed by atoms with Crippen LogP contribution < -0.4 is 10.3 Å². The molecule has 6 nitrogen and oxygen atoms in total. The highest BCUT2D eigenvalue weighted by Gasteiger charge is 2.18. The van der Waals surface area contributed by atoms with Crippen molar-refractivity contribution in [2.45, 2.75) is 6.54 Å². The van der Waals surface area contributed by atoms with Crippen molar-refractivity contribution in [1.82, 2.24) is 14.9 Å². The lowest BCUT2D eigenvalue weighted by Gasteiger charge is -2.35. The molecular weight excluding hydrogens is 345 g/mol. The zero-order chi connectivity index (χ0) is 18.8. The minimum Gasteiger partial charge on any atom is -0.357 e. The number of piperazine rings is 1. The van der Waals surface area contributed by atoms with Gasteiger partial charge in [-0.1, -0.05) is 0 Å². The smallest absolute Gasteiger partial charge is 0.189 e. The molecule has 3 heterocycles. The molecule has 0 radical (unpaired) electrons. The number of benzene rings is 1. The molecule has 0 saturated carbocycles. The minimum absolute atomic E-state index is 0.168. The Labute approximate surface area is 155 Å². The Morgan fingerprint density at radius 3 is 2.67 bits per heavy atom. The topological polar surface area (TPSA) is 76.0 Å². The molecule has 1 aliphatic heterocycles. The number of nitrogens with zero attached hydrogens (tertiary/aromatic N) is 4. The van der Waals surface area contributed by atoms with Gasteiger partial charge in [0.2, 0.25) is 0 Å². The molecule has 0 aliphatic carbocycles. The van der Waals surface area contributed by atoms with Crippen LogP contribution in [-0.4, -0.2) is 41.0 Å². The lowest BCUT2D eigenvalue weighted by molar-refractivity contribution is 0.247. The van der Waals surface area contributed by atoms with E-state index in [0.29, 0.717) is 23.0 Å². The Morgan fingerprint density at radius 1 is 1.15 bits per heavy atom. The van der Waals surface area contributed by atoms with E-state index in [9.17, 15) is 9.18 Å². The Hall–Kier alpha value is -3.24. The van der Waals surface area contributed by atoms with Crippen LogP contribution in [-0.2, 0) is 6.54 Å². The third-order valence-electron chi connectivity index (χ3n) is 4.81. The predicted molar refractivity (Wildman–Crippen MR) is 101 cm³/mol. The van der Waals surface area contributed by atoms with E-state index in [1.165, 1.54) is 12.1 Å². The van der Waals surface area contributed by atoms with Crippen LogP contribution in [0, 0.1) is 17.1 Å². The third-order valence-corrected chi connectivity index (χ3v) is 4.81. The molecule has 2 aromatic heterocycles. The zero-order valence-electron chi connectivity index (χ0n) is 14.7. The number of rotatable bonds is 3. The molecule has 0 unspecified atom stereocenters. The Morgan fingerprint density at radius 2 is 1.96 bits per heavy atom. The summed E-state index contributed by atoms with van der Waals surface area (Å²) in [5.41, 5.74) is 1.86. The van der Waals surface area contributed by atoms with Gasteiger partial charge >= 0.3 is 0 Å². The normalized spacial score (nSPS) is 15.0. The molecular formula is C20H18FN5O. The highest BCUT2D eigenvalue weighted by Crippen LogP contribution is 2.16. The van der Waals surface area contributed by atoms with Crippen LogP contribution in [0.3, 0.4) is 0 Å². The summed E-state index contributed by atoms with van der Waals surface area (Å²) in [5, 5.41) is 9.23. The van der Waals surface area contributed by atoms with Crippen molar-refractivity contribution in [2.24, 2.45) is 0 Å². The monoisotopic (exact) mass is 363 g/mol. The lowest BCUT2D eigenvalue weighted by atomic mass is 10.2. The first-order valence-electron chi connectivity index (χ1n) is 8.77. The quantitative estimate of drug-likeness (QED) is 0.772. The van der Waals surface area contributed by atoms with Crippen LogP contribution in [0.1, 0.15) is 11.3 Å². The number of hydrogen-bond acceptors (Lipinski definition) is 5. The lowest BCUT2D eigenvalue weighted by Crippen LogP contribution is -2.46. The Balaban J connectivity index is 1.43. The van der Waals surface area contributed by atoms with E-state index < -0.39 is 5.82 Å². The van der Waals surface area contributed by atoms with Crippen molar-refractivity contribution in [3.05, 3.63) is 69.9 Å². The van der Waals surface area contributed by atoms with Gasteiger partial charge in [0.15, 0.2) is 5.43 Å². The number of nitrogens with one attached hydrogen (secondary N) is 1. The van der Waals surface area contributed by atoms with E-state index in [-0.39, 0.29) is 5.43 Å². The summed E-state index contributed by atoms with van der Waals surface area (Å²) >= 11 is 0. The summed E-state index contributed by atoms with van der Waals surface area (Å²) < 4.78 is 13.3. The van der Waals surface area contributed by atoms with Gasteiger partial charge in [-0.3, -0.25) is 9.69 Å². The molecule has 1 aliphatic rings. The average Bonchev–Trinajstić information content (AvgIpc) is 2.69. The van der Waals surface area contributed by atoms with Crippen molar-refractivity contribution < 1.29 is 4.39 Å². The molecule has 0 bridgehead atoms. The number of H-pyrrole nitrogens is 1. The molecule has 27 heavy (non-hydrogen) atoms. The van der Waals surface area contributed by atoms with Gasteiger partial charge in [0, 0.05) is 61.6 Å². The van der Waals surface area contributed by atoms with Gasteiger partial charge in [0.25, 0.3) is 0 Å². The highest BCUT2D eigenvalue weighted by atomic mass is 19.1. The fourth-order valence-corrected chi connectivity index (χ4v) is 3.37. The SMILES string of the molecule is N#Cc1ccc(N2CCN(Cc3cc(=O)c4cc(F)ccc4[nH]3)CC2)nc1. The first-order chi connectivity index (χ1) is 13.1. The van der Waals surface area contributed by atoms with Gasteiger partial charge in [-0.25, -0.2) is 9.37 Å². The van der Waals surface area contributed by atoms with Crippen molar-refractivity contribution in [1.29, 1.82) is 5.26 Å². The maximum absolute atomic E-state index is 13.3. The van der Waals surface area contributed by atoms with Crippen LogP contribution in [0.5, 0.6) is 0 Å². The summed E-state index contributed by atoms with van der Waals surface area (Å²) in [4.78, 5) is 24.3. The van der Waals surface area contributed by atoms with Crippen molar-refractivity contribution >= 4 is 16.7 Å². The number of anilines is 1. The highest BCUT2D eigenvalue weighted by molar-refractivity contribution is 5.78. The van der Waals surface area contributed by atoms with Gasteiger partial charge in [-0.15, -0.1) is 0 Å². The molecule has 1 N–H and O–H groups in total. The molecule has 1 aromatic carbocycles. The van der Waals surface area contributed by atoms with Gasteiger partial charge in [0.1, 0.15) is 17.7 Å². The van der Waals surface area contributed by atoms with E-state index >= 15 is 0 Å². The molecule has 7 heteroatoms. The maximum Gasteiger partial charge on any atom is 0.189 e. The van der Waals surface area contributed by atoms with Gasteiger partial charge in [0.05, 0.1) is 5.56 Å². The zero-order valence-corrected chi connectivity index (χ0v) is 14.7. The molecule has 3 aromatic rings. The second-order valence-electron chi connectivity index (χ2n) is 6.63. The van der Waals surface area contributed by atoms with E-state index in [1.807, 2.05) is 6.07 Å². The predicted octanol–water partition coefficient (Wildman–Crippen LogP) is 2.26. The molecule has 1 saturated heterocycles. The van der Waals surface area contributed by atoms with Gasteiger partial charge < -0.3 is 9.88 Å². The third kappa shape index (κ3) is 3.66. The van der Waals surface area contributed by atoms with E-state index in [2.05, 4.69) is 25.8 Å². The standard InChI is InChI=1S/C20H18FN5O/c21-15-2-3-18-17(9-15)19(27)10-16(24-18)13-25-5-7-26(8-6-25)20-4-1-14(11-22)12-23-20/h1-4,9-10,12H,5-8,13H2,(H,24,27). The maximum atomic E-state index is 13.3. The van der Waals surface area contributed by atoms with Crippen LogP contribution in [0.2, 0.25) is 0 Å². The Kier molecular flexibility index (Phi) is 4.57. The molecule has 0 spiro atoms. The fraction of sp³-hybridized carbons (Fsp3) is 0.250. The van der Waals surface area contributed by atoms with Crippen LogP contribution in [0.4, 0.5) is 10.2 Å². The number of pyridine rings is 2. The first kappa shape index (κ1) is 17.2. The second kappa shape index (κ2) is 7.17. The number of halogens is 1. The van der Waals surface area contributed by atoms with Crippen LogP contribution >= 0.6 is 0 Å². The second-order valence-corrected chi connectivity index (χ2v) is 6.63. The molecule has 0 atom stereocenters. The first-order valence-corrected chi connectivity index (χ1v) is 8.77. The van der Waals surface area contributed by atoms with Gasteiger partial charge in [-0.2, -0.15) is 5.26 Å². The molecule has 4 rings (SSSR count). The minimum atomic E-state index is -0.409. The van der Waals surface area contributed by atoms with E-state index in [0.717, 1.165) is 37.7 Å². The van der Waals surface area contributed by atoms with Crippen LogP contribution in [0.25, 0.3) is 10.9 Å². The number of fused-ring (bicyclic) bond motifs is 1. The van der Waals surface area contributed by atoms with Crippen molar-refractivity contribution in [3.8, 4) is 6.07 Å². The average molecular weight is 363 g/mol. The summed E-state index contributed by atoms with van der Waals surface area (Å²) in [6, 6.07) is 11.5. The van der Waals surface area contributed by atoms with Crippen molar-refractivity contribution in [3.63, 3.8) is 0 Å². The summed E-state index contributed by atoms with van der Waals surface area (Å²) in [7, 11) is 0. The largest absolute Gasteiger partial charge is 0.357 e. The summed E-state index contributed by atoms with van der Waals surface area (Å²) in [5.74, 6) is 0.461.